The van der Waals surface area contributed by atoms with E-state index < -0.39 is 10.2 Å². The van der Waals surface area contributed by atoms with Gasteiger partial charge in [0, 0.05) is 16.6 Å². The Morgan fingerprint density at radius 2 is 1.67 bits per heavy atom. The number of hydrogen-bond donors (Lipinski definition) is 2. The first kappa shape index (κ1) is 16.8. The zero-order chi connectivity index (χ0) is 17.3. The van der Waals surface area contributed by atoms with Gasteiger partial charge in [-0.3, -0.25) is 14.4 Å². The zero-order valence-corrected chi connectivity index (χ0v) is 14.9. The van der Waals surface area contributed by atoms with Crippen LogP contribution in [0, 0.1) is 6.92 Å². The van der Waals surface area contributed by atoms with Gasteiger partial charge in [0.25, 0.3) is 0 Å². The molecule has 24 heavy (non-hydrogen) atoms. The summed E-state index contributed by atoms with van der Waals surface area (Å²) in [7, 11) is -3.87. The highest BCUT2D eigenvalue weighted by molar-refractivity contribution is 7.94. The molecule has 0 radical (unpaired) electrons. The normalized spacial score (nSPS) is 11.5. The molecular weight excluding hydrogens is 369 g/mol. The molecule has 8 heteroatoms. The lowest BCUT2D eigenvalue weighted by molar-refractivity contribution is 0.606. The van der Waals surface area contributed by atoms with Gasteiger partial charge in [-0.05, 0) is 48.9 Å². The van der Waals surface area contributed by atoms with E-state index in [1.54, 1.807) is 55.6 Å². The molecule has 2 aromatic carbocycles. The SMILES string of the molecule is Cc1c(Cl)cccc1NS(=O)(=O)Nc1ccc(Cl)c2cccnc12. The van der Waals surface area contributed by atoms with Crippen LogP contribution in [0.4, 0.5) is 11.4 Å². The predicted molar refractivity (Wildman–Crippen MR) is 99.1 cm³/mol. The summed E-state index contributed by atoms with van der Waals surface area (Å²) >= 11 is 12.1. The Hall–Kier alpha value is -2.02. The van der Waals surface area contributed by atoms with Gasteiger partial charge in [0.15, 0.2) is 0 Å². The van der Waals surface area contributed by atoms with Crippen LogP contribution in [0.2, 0.25) is 10.0 Å². The summed E-state index contributed by atoms with van der Waals surface area (Å²) in [5, 5.41) is 1.65. The van der Waals surface area contributed by atoms with Crippen molar-refractivity contribution in [2.75, 3.05) is 9.44 Å². The minimum Gasteiger partial charge on any atom is -0.266 e. The summed E-state index contributed by atoms with van der Waals surface area (Å²) in [6, 6.07) is 11.7. The van der Waals surface area contributed by atoms with Crippen LogP contribution in [-0.4, -0.2) is 13.4 Å². The highest BCUT2D eigenvalue weighted by Gasteiger charge is 2.15. The first-order valence-corrected chi connectivity index (χ1v) is 9.20. The first-order valence-electron chi connectivity index (χ1n) is 6.96. The zero-order valence-electron chi connectivity index (χ0n) is 12.5. The Labute approximate surface area is 149 Å². The van der Waals surface area contributed by atoms with Crippen LogP contribution in [0.1, 0.15) is 5.56 Å². The molecule has 3 rings (SSSR count). The predicted octanol–water partition coefficient (Wildman–Crippen LogP) is 4.62. The fraction of sp³-hybridized carbons (Fsp3) is 0.0625. The van der Waals surface area contributed by atoms with E-state index in [1.807, 2.05) is 0 Å². The molecule has 0 aliphatic heterocycles. The standard InChI is InChI=1S/C16H13Cl2N3O2S/c1-10-12(17)5-2-6-14(10)20-24(22,23)21-15-8-7-13(18)11-4-3-9-19-16(11)15/h2-9,20-21H,1H3. The maximum absolute atomic E-state index is 12.4. The minimum absolute atomic E-state index is 0.335. The lowest BCUT2D eigenvalue weighted by atomic mass is 10.2. The van der Waals surface area contributed by atoms with E-state index in [9.17, 15) is 8.42 Å². The van der Waals surface area contributed by atoms with E-state index in [-0.39, 0.29) is 0 Å². The summed E-state index contributed by atoms with van der Waals surface area (Å²) in [5.41, 5.74) is 1.85. The molecule has 0 unspecified atom stereocenters. The molecule has 0 saturated heterocycles. The number of halogens is 2. The number of hydrogen-bond acceptors (Lipinski definition) is 3. The molecule has 0 atom stereocenters. The number of pyridine rings is 1. The molecule has 124 valence electrons. The summed E-state index contributed by atoms with van der Waals surface area (Å²) in [5.74, 6) is 0. The summed E-state index contributed by atoms with van der Waals surface area (Å²) in [6.07, 6.45) is 1.57. The molecule has 1 heterocycles. The van der Waals surface area contributed by atoms with Gasteiger partial charge in [-0.1, -0.05) is 29.3 Å². The molecule has 0 saturated carbocycles. The van der Waals surface area contributed by atoms with Crippen molar-refractivity contribution in [1.82, 2.24) is 4.98 Å². The van der Waals surface area contributed by atoms with Gasteiger partial charge in [0.2, 0.25) is 0 Å². The fourth-order valence-electron chi connectivity index (χ4n) is 2.25. The van der Waals surface area contributed by atoms with Crippen LogP contribution in [0.15, 0.2) is 48.7 Å². The third-order valence-electron chi connectivity index (χ3n) is 3.47. The van der Waals surface area contributed by atoms with E-state index in [4.69, 9.17) is 23.2 Å². The molecule has 0 aliphatic carbocycles. The molecular formula is C16H13Cl2N3O2S. The third-order valence-corrected chi connectivity index (χ3v) is 5.19. The molecule has 0 aliphatic rings. The summed E-state index contributed by atoms with van der Waals surface area (Å²) in [4.78, 5) is 4.20. The Bertz CT molecular complexity index is 1020. The van der Waals surface area contributed by atoms with Gasteiger partial charge in [-0.15, -0.1) is 0 Å². The summed E-state index contributed by atoms with van der Waals surface area (Å²) < 4.78 is 29.8. The van der Waals surface area contributed by atoms with Crippen LogP contribution < -0.4 is 9.44 Å². The van der Waals surface area contributed by atoms with Crippen molar-refractivity contribution >= 4 is 55.7 Å². The van der Waals surface area contributed by atoms with Gasteiger partial charge in [0.05, 0.1) is 21.9 Å². The van der Waals surface area contributed by atoms with E-state index in [2.05, 4.69) is 14.4 Å². The molecule has 0 bridgehead atoms. The second kappa shape index (κ2) is 6.47. The summed E-state index contributed by atoms with van der Waals surface area (Å²) in [6.45, 7) is 1.74. The lowest BCUT2D eigenvalue weighted by Gasteiger charge is -2.14. The van der Waals surface area contributed by atoms with E-state index in [0.29, 0.717) is 37.9 Å². The molecule has 2 N–H and O–H groups in total. The van der Waals surface area contributed by atoms with Gasteiger partial charge in [-0.25, -0.2) is 0 Å². The Morgan fingerprint density at radius 3 is 2.46 bits per heavy atom. The molecule has 1 aromatic heterocycles. The van der Waals surface area contributed by atoms with Crippen molar-refractivity contribution in [3.05, 3.63) is 64.3 Å². The van der Waals surface area contributed by atoms with Gasteiger partial charge >= 0.3 is 10.2 Å². The second-order valence-corrected chi connectivity index (χ2v) is 7.34. The van der Waals surface area contributed by atoms with E-state index >= 15 is 0 Å². The monoisotopic (exact) mass is 381 g/mol. The quantitative estimate of drug-likeness (QED) is 0.692. The maximum Gasteiger partial charge on any atom is 0.321 e. The van der Waals surface area contributed by atoms with Crippen molar-refractivity contribution < 1.29 is 8.42 Å². The van der Waals surface area contributed by atoms with Crippen LogP contribution in [0.25, 0.3) is 10.9 Å². The number of rotatable bonds is 4. The number of fused-ring (bicyclic) bond motifs is 1. The Balaban J connectivity index is 1.96. The highest BCUT2D eigenvalue weighted by Crippen LogP contribution is 2.29. The van der Waals surface area contributed by atoms with Crippen LogP contribution in [0.5, 0.6) is 0 Å². The van der Waals surface area contributed by atoms with Crippen molar-refractivity contribution in [2.24, 2.45) is 0 Å². The maximum atomic E-state index is 12.4. The van der Waals surface area contributed by atoms with Crippen molar-refractivity contribution in [1.29, 1.82) is 0 Å². The molecule has 0 fully saturated rings. The molecule has 0 spiro atoms. The van der Waals surface area contributed by atoms with Crippen LogP contribution >= 0.6 is 23.2 Å². The number of nitrogens with zero attached hydrogens (tertiary/aromatic N) is 1. The van der Waals surface area contributed by atoms with E-state index in [1.165, 1.54) is 0 Å². The third kappa shape index (κ3) is 3.40. The van der Waals surface area contributed by atoms with Gasteiger partial charge in [0.1, 0.15) is 0 Å². The number of benzene rings is 2. The number of aromatic nitrogens is 1. The smallest absolute Gasteiger partial charge is 0.266 e. The number of nitrogens with one attached hydrogen (secondary N) is 2. The van der Waals surface area contributed by atoms with Crippen molar-refractivity contribution in [3.8, 4) is 0 Å². The molecule has 0 amide bonds. The van der Waals surface area contributed by atoms with Crippen molar-refractivity contribution in [2.45, 2.75) is 6.92 Å². The average molecular weight is 382 g/mol. The van der Waals surface area contributed by atoms with Crippen molar-refractivity contribution in [3.63, 3.8) is 0 Å². The Kier molecular flexibility index (Phi) is 4.54. The minimum atomic E-state index is -3.87. The second-order valence-electron chi connectivity index (χ2n) is 5.11. The van der Waals surface area contributed by atoms with E-state index in [0.717, 1.165) is 0 Å². The average Bonchev–Trinajstić information content (AvgIpc) is 2.54. The van der Waals surface area contributed by atoms with Crippen LogP contribution in [-0.2, 0) is 10.2 Å². The Morgan fingerprint density at radius 1 is 0.917 bits per heavy atom. The van der Waals surface area contributed by atoms with Crippen LogP contribution in [0.3, 0.4) is 0 Å². The largest absolute Gasteiger partial charge is 0.321 e. The molecule has 5 nitrogen and oxygen atoms in total. The molecule has 3 aromatic rings. The van der Waals surface area contributed by atoms with Gasteiger partial charge in [-0.2, -0.15) is 8.42 Å². The fourth-order valence-corrected chi connectivity index (χ4v) is 3.66. The highest BCUT2D eigenvalue weighted by atomic mass is 35.5. The van der Waals surface area contributed by atoms with Gasteiger partial charge < -0.3 is 0 Å². The lowest BCUT2D eigenvalue weighted by Crippen LogP contribution is -2.22. The topological polar surface area (TPSA) is 71.1 Å². The number of anilines is 2. The first-order chi connectivity index (χ1) is 11.4.